The van der Waals surface area contributed by atoms with Gasteiger partial charge in [0, 0.05) is 0 Å². The van der Waals surface area contributed by atoms with Gasteiger partial charge in [-0.15, -0.1) is 10.2 Å². The van der Waals surface area contributed by atoms with Crippen LogP contribution in [0.3, 0.4) is 0 Å². The Balaban J connectivity index is 1.33. The molecule has 4 fully saturated rings. The SMILES string of the molecule is CC[C@@]1(O)CC[C@@]2(C)[C@@H](CC[C@@H]3[C@@H]2CC[C@]2(C)C([C@@H](C)Cn4nnc(C)n4)CC[C@@H]32)C1. The molecular formula is C26H44N4O. The van der Waals surface area contributed by atoms with Gasteiger partial charge in [-0.2, -0.15) is 4.80 Å². The van der Waals surface area contributed by atoms with Gasteiger partial charge in [-0.05, 0) is 123 Å². The van der Waals surface area contributed by atoms with Crippen LogP contribution in [0.15, 0.2) is 0 Å². The lowest BCUT2D eigenvalue weighted by Gasteiger charge is -2.62. The van der Waals surface area contributed by atoms with Crippen LogP contribution in [0.5, 0.6) is 0 Å². The van der Waals surface area contributed by atoms with Crippen molar-refractivity contribution in [2.75, 3.05) is 0 Å². The zero-order valence-corrected chi connectivity index (χ0v) is 20.5. The Morgan fingerprint density at radius 3 is 2.52 bits per heavy atom. The van der Waals surface area contributed by atoms with E-state index in [2.05, 4.69) is 43.1 Å². The molecule has 9 atom stereocenters. The molecule has 1 aromatic rings. The van der Waals surface area contributed by atoms with Crippen LogP contribution in [-0.4, -0.2) is 30.9 Å². The molecule has 0 saturated heterocycles. The monoisotopic (exact) mass is 428 g/mol. The Hall–Kier alpha value is -0.970. The molecule has 174 valence electrons. The van der Waals surface area contributed by atoms with Gasteiger partial charge < -0.3 is 5.11 Å². The summed E-state index contributed by atoms with van der Waals surface area (Å²) in [6, 6.07) is 0. The van der Waals surface area contributed by atoms with Crippen LogP contribution in [-0.2, 0) is 6.54 Å². The first-order chi connectivity index (χ1) is 14.7. The highest BCUT2D eigenvalue weighted by molar-refractivity contribution is 5.10. The standard InChI is InChI=1S/C26H44N4O/c1-6-26(31)14-13-24(4)19(15-26)7-8-20-22-10-9-21(25(22,5)12-11-23(20)24)17(2)16-30-28-18(3)27-29-30/h17,19-23,31H,6-16H2,1-5H3/t17-,19-,20-,21?,22-,23-,24-,25+,26+/m0/s1. The van der Waals surface area contributed by atoms with Crippen LogP contribution < -0.4 is 0 Å². The average molecular weight is 429 g/mol. The van der Waals surface area contributed by atoms with Crippen LogP contribution in [0.2, 0.25) is 0 Å². The minimum absolute atomic E-state index is 0.387. The van der Waals surface area contributed by atoms with Crippen molar-refractivity contribution in [3.05, 3.63) is 5.82 Å². The van der Waals surface area contributed by atoms with Gasteiger partial charge in [0.25, 0.3) is 0 Å². The largest absolute Gasteiger partial charge is 0.390 e. The molecule has 0 spiro atoms. The van der Waals surface area contributed by atoms with Gasteiger partial charge in [0.05, 0.1) is 12.1 Å². The fourth-order valence-electron chi connectivity index (χ4n) is 9.40. The van der Waals surface area contributed by atoms with Crippen molar-refractivity contribution in [1.29, 1.82) is 0 Å². The van der Waals surface area contributed by atoms with Crippen molar-refractivity contribution in [2.24, 2.45) is 46.3 Å². The fourth-order valence-corrected chi connectivity index (χ4v) is 9.40. The van der Waals surface area contributed by atoms with Crippen LogP contribution >= 0.6 is 0 Å². The maximum absolute atomic E-state index is 11.0. The number of tetrazole rings is 1. The first-order valence-corrected chi connectivity index (χ1v) is 13.2. The Kier molecular flexibility index (Phi) is 5.31. The molecular weight excluding hydrogens is 384 g/mol. The third-order valence-corrected chi connectivity index (χ3v) is 11.2. The van der Waals surface area contributed by atoms with E-state index in [1.807, 2.05) is 11.7 Å². The van der Waals surface area contributed by atoms with Gasteiger partial charge in [-0.25, -0.2) is 0 Å². The van der Waals surface area contributed by atoms with E-state index in [0.717, 1.165) is 61.2 Å². The topological polar surface area (TPSA) is 63.8 Å². The Morgan fingerprint density at radius 2 is 1.81 bits per heavy atom. The second-order valence-electron chi connectivity index (χ2n) is 12.5. The second-order valence-corrected chi connectivity index (χ2v) is 12.5. The number of hydrogen-bond acceptors (Lipinski definition) is 4. The van der Waals surface area contributed by atoms with Crippen molar-refractivity contribution in [2.45, 2.75) is 111 Å². The van der Waals surface area contributed by atoms with Crippen LogP contribution in [0.25, 0.3) is 0 Å². The molecule has 0 aromatic carbocycles. The van der Waals surface area contributed by atoms with Crippen molar-refractivity contribution in [1.82, 2.24) is 20.2 Å². The van der Waals surface area contributed by atoms with E-state index in [1.165, 1.54) is 44.9 Å². The molecule has 5 nitrogen and oxygen atoms in total. The Labute approximate surface area is 188 Å². The zero-order chi connectivity index (χ0) is 22.0. The number of nitrogens with zero attached hydrogens (tertiary/aromatic N) is 4. The summed E-state index contributed by atoms with van der Waals surface area (Å²) >= 11 is 0. The number of aromatic nitrogens is 4. The molecule has 0 bridgehead atoms. The molecule has 0 radical (unpaired) electrons. The Morgan fingerprint density at radius 1 is 1.03 bits per heavy atom. The van der Waals surface area contributed by atoms with Gasteiger partial charge in [0.15, 0.2) is 5.82 Å². The van der Waals surface area contributed by atoms with Crippen molar-refractivity contribution in [3.63, 3.8) is 0 Å². The van der Waals surface area contributed by atoms with Crippen LogP contribution in [0.1, 0.15) is 97.7 Å². The van der Waals surface area contributed by atoms with Crippen LogP contribution in [0, 0.1) is 53.3 Å². The molecule has 1 heterocycles. The first-order valence-electron chi connectivity index (χ1n) is 13.2. The van der Waals surface area contributed by atoms with Gasteiger partial charge in [-0.1, -0.05) is 27.7 Å². The maximum atomic E-state index is 11.0. The molecule has 1 aromatic heterocycles. The third-order valence-electron chi connectivity index (χ3n) is 11.2. The minimum Gasteiger partial charge on any atom is -0.390 e. The number of aryl methyl sites for hydroxylation is 1. The molecule has 4 aliphatic carbocycles. The smallest absolute Gasteiger partial charge is 0.171 e. The molecule has 0 aliphatic heterocycles. The molecule has 1 N–H and O–H groups in total. The summed E-state index contributed by atoms with van der Waals surface area (Å²) in [4.78, 5) is 1.82. The summed E-state index contributed by atoms with van der Waals surface area (Å²) in [7, 11) is 0. The molecule has 5 rings (SSSR count). The quantitative estimate of drug-likeness (QED) is 0.696. The summed E-state index contributed by atoms with van der Waals surface area (Å²) in [6.07, 6.45) is 12.5. The number of rotatable bonds is 4. The lowest BCUT2D eigenvalue weighted by Crippen LogP contribution is -2.56. The molecule has 4 aliphatic rings. The maximum Gasteiger partial charge on any atom is 0.171 e. The van der Waals surface area contributed by atoms with E-state index in [-0.39, 0.29) is 5.60 Å². The molecule has 5 heteroatoms. The van der Waals surface area contributed by atoms with Gasteiger partial charge in [0.1, 0.15) is 0 Å². The normalized spacial score (nSPS) is 48.0. The van der Waals surface area contributed by atoms with E-state index >= 15 is 0 Å². The van der Waals surface area contributed by atoms with E-state index in [1.54, 1.807) is 0 Å². The predicted octanol–water partition coefficient (Wildman–Crippen LogP) is 5.42. The summed E-state index contributed by atoms with van der Waals surface area (Å²) in [5.41, 5.74) is 0.539. The lowest BCUT2D eigenvalue weighted by molar-refractivity contribution is -0.152. The average Bonchev–Trinajstić information content (AvgIpc) is 3.31. The van der Waals surface area contributed by atoms with Crippen molar-refractivity contribution < 1.29 is 5.11 Å². The molecule has 1 unspecified atom stereocenters. The van der Waals surface area contributed by atoms with Crippen molar-refractivity contribution in [3.8, 4) is 0 Å². The highest BCUT2D eigenvalue weighted by atomic mass is 16.3. The predicted molar refractivity (Wildman–Crippen MR) is 122 cm³/mol. The fraction of sp³-hybridized carbons (Fsp3) is 0.962. The minimum atomic E-state index is -0.387. The first kappa shape index (κ1) is 21.9. The van der Waals surface area contributed by atoms with Crippen LogP contribution in [0.4, 0.5) is 0 Å². The summed E-state index contributed by atoms with van der Waals surface area (Å²) < 4.78 is 0. The lowest BCUT2D eigenvalue weighted by atomic mass is 9.43. The highest BCUT2D eigenvalue weighted by Gasteiger charge is 2.61. The van der Waals surface area contributed by atoms with E-state index in [0.29, 0.717) is 16.7 Å². The zero-order valence-electron chi connectivity index (χ0n) is 20.5. The number of hydrogen-bond donors (Lipinski definition) is 1. The second kappa shape index (κ2) is 7.53. The molecule has 0 amide bonds. The van der Waals surface area contributed by atoms with Gasteiger partial charge >= 0.3 is 0 Å². The molecule has 31 heavy (non-hydrogen) atoms. The van der Waals surface area contributed by atoms with Gasteiger partial charge in [-0.3, -0.25) is 0 Å². The van der Waals surface area contributed by atoms with E-state index in [9.17, 15) is 5.11 Å². The van der Waals surface area contributed by atoms with E-state index in [4.69, 9.17) is 0 Å². The summed E-state index contributed by atoms with van der Waals surface area (Å²) in [6.45, 7) is 12.7. The number of aliphatic hydroxyl groups is 1. The summed E-state index contributed by atoms with van der Waals surface area (Å²) in [5.74, 6) is 5.53. The van der Waals surface area contributed by atoms with Crippen molar-refractivity contribution >= 4 is 0 Å². The highest BCUT2D eigenvalue weighted by Crippen LogP contribution is 2.68. The van der Waals surface area contributed by atoms with Gasteiger partial charge in [0.2, 0.25) is 0 Å². The molecule has 4 saturated carbocycles. The van der Waals surface area contributed by atoms with E-state index < -0.39 is 0 Å². The summed E-state index contributed by atoms with van der Waals surface area (Å²) in [5, 5.41) is 23.8. The number of fused-ring (bicyclic) bond motifs is 5. The Bertz CT molecular complexity index is 809. The third kappa shape index (κ3) is 3.40.